The summed E-state index contributed by atoms with van der Waals surface area (Å²) in [7, 11) is 0. The molecule has 0 aliphatic carbocycles. The normalized spacial score (nSPS) is 32.8. The van der Waals surface area contributed by atoms with Crippen molar-refractivity contribution in [3.63, 3.8) is 0 Å². The third kappa shape index (κ3) is 1.62. The Morgan fingerprint density at radius 1 is 1.50 bits per heavy atom. The Hall–Kier alpha value is -0.150. The monoisotopic (exact) mass is 174 g/mol. The zero-order valence-corrected chi connectivity index (χ0v) is 8.23. The molecule has 1 heterocycles. The van der Waals surface area contributed by atoms with Crippen LogP contribution >= 0.6 is 0 Å². The fraction of sp³-hybridized carbons (Fsp3) is 1.00. The molecule has 2 nitrogen and oxygen atoms in total. The Bertz CT molecular complexity index is 164. The molecule has 1 unspecified atom stereocenters. The van der Waals surface area contributed by atoms with Crippen molar-refractivity contribution in [1.82, 2.24) is 4.90 Å². The number of likely N-dealkylation sites (tertiary alicyclic amines) is 1. The van der Waals surface area contributed by atoms with E-state index in [4.69, 9.17) is 5.73 Å². The van der Waals surface area contributed by atoms with Crippen LogP contribution in [-0.4, -0.2) is 29.3 Å². The first kappa shape index (κ1) is 9.93. The molecule has 1 aliphatic heterocycles. The van der Waals surface area contributed by atoms with E-state index in [1.54, 1.807) is 0 Å². The number of halogens is 1. The van der Waals surface area contributed by atoms with Crippen LogP contribution < -0.4 is 5.73 Å². The molecule has 1 rings (SSSR count). The van der Waals surface area contributed by atoms with Crippen molar-refractivity contribution in [2.45, 2.75) is 44.9 Å². The van der Waals surface area contributed by atoms with Crippen molar-refractivity contribution in [2.24, 2.45) is 5.73 Å². The van der Waals surface area contributed by atoms with E-state index in [1.807, 2.05) is 25.7 Å². The average Bonchev–Trinajstić information content (AvgIpc) is 2.31. The molecular formula is C9H19FN2. The minimum Gasteiger partial charge on any atom is -0.326 e. The van der Waals surface area contributed by atoms with Gasteiger partial charge in [0.2, 0.25) is 0 Å². The lowest BCUT2D eigenvalue weighted by atomic mass is 10.0. The lowest BCUT2D eigenvalue weighted by Gasteiger charge is -2.40. The average molecular weight is 174 g/mol. The van der Waals surface area contributed by atoms with Gasteiger partial charge in [0.1, 0.15) is 0 Å². The molecule has 0 spiro atoms. The van der Waals surface area contributed by atoms with Gasteiger partial charge in [0.15, 0.2) is 5.79 Å². The van der Waals surface area contributed by atoms with Crippen molar-refractivity contribution in [2.75, 3.05) is 13.1 Å². The molecule has 2 N–H and O–H groups in total. The van der Waals surface area contributed by atoms with Crippen molar-refractivity contribution >= 4 is 0 Å². The predicted molar refractivity (Wildman–Crippen MR) is 48.6 cm³/mol. The van der Waals surface area contributed by atoms with Gasteiger partial charge in [-0.15, -0.1) is 0 Å². The van der Waals surface area contributed by atoms with E-state index in [0.717, 1.165) is 13.0 Å². The summed E-state index contributed by atoms with van der Waals surface area (Å²) in [6.07, 6.45) is 1.51. The van der Waals surface area contributed by atoms with E-state index in [-0.39, 0.29) is 12.1 Å². The summed E-state index contributed by atoms with van der Waals surface area (Å²) in [6, 6.07) is 0. The van der Waals surface area contributed by atoms with Crippen LogP contribution in [0.1, 0.15) is 33.6 Å². The molecule has 0 amide bonds. The Labute approximate surface area is 73.9 Å². The molecule has 0 aromatic carbocycles. The fourth-order valence-corrected chi connectivity index (χ4v) is 1.99. The minimum absolute atomic E-state index is 0.107. The molecule has 3 heteroatoms. The summed E-state index contributed by atoms with van der Waals surface area (Å²) in [5, 5.41) is 0. The van der Waals surface area contributed by atoms with Crippen LogP contribution in [0.3, 0.4) is 0 Å². The molecule has 0 aromatic heterocycles. The van der Waals surface area contributed by atoms with Gasteiger partial charge in [-0.05, 0) is 33.6 Å². The summed E-state index contributed by atoms with van der Waals surface area (Å²) in [5.41, 5.74) is 5.33. The van der Waals surface area contributed by atoms with E-state index in [0.29, 0.717) is 6.42 Å². The second-order valence-corrected chi connectivity index (χ2v) is 4.55. The minimum atomic E-state index is -1.25. The molecule has 72 valence electrons. The maximum absolute atomic E-state index is 14.0. The zero-order valence-electron chi connectivity index (χ0n) is 8.23. The first-order valence-corrected chi connectivity index (χ1v) is 4.57. The van der Waals surface area contributed by atoms with Crippen LogP contribution in [0.4, 0.5) is 4.39 Å². The van der Waals surface area contributed by atoms with E-state index in [9.17, 15) is 4.39 Å². The Morgan fingerprint density at radius 2 is 2.08 bits per heavy atom. The number of hydrogen-bond donors (Lipinski definition) is 1. The van der Waals surface area contributed by atoms with Gasteiger partial charge >= 0.3 is 0 Å². The molecule has 0 radical (unpaired) electrons. The Kier molecular flexibility index (Phi) is 2.45. The largest absolute Gasteiger partial charge is 0.326 e. The van der Waals surface area contributed by atoms with Crippen LogP contribution in [0, 0.1) is 0 Å². The van der Waals surface area contributed by atoms with Gasteiger partial charge in [0.25, 0.3) is 0 Å². The number of hydrogen-bond acceptors (Lipinski definition) is 2. The summed E-state index contributed by atoms with van der Waals surface area (Å²) >= 11 is 0. The van der Waals surface area contributed by atoms with Crippen LogP contribution in [-0.2, 0) is 0 Å². The molecule has 12 heavy (non-hydrogen) atoms. The molecule has 1 saturated heterocycles. The summed E-state index contributed by atoms with van der Waals surface area (Å²) in [4.78, 5) is 1.88. The third-order valence-electron chi connectivity index (χ3n) is 2.55. The molecule has 0 saturated carbocycles. The zero-order chi connectivity index (χ0) is 9.41. The highest BCUT2D eigenvalue weighted by Gasteiger charge is 2.45. The van der Waals surface area contributed by atoms with Gasteiger partial charge in [-0.1, -0.05) is 0 Å². The van der Waals surface area contributed by atoms with Crippen LogP contribution in [0.2, 0.25) is 0 Å². The number of nitrogens with two attached hydrogens (primary N) is 1. The lowest BCUT2D eigenvalue weighted by molar-refractivity contribution is -0.0473. The lowest BCUT2D eigenvalue weighted by Crippen LogP contribution is -2.54. The number of alkyl halides is 1. The van der Waals surface area contributed by atoms with Gasteiger partial charge in [-0.3, -0.25) is 4.90 Å². The van der Waals surface area contributed by atoms with Gasteiger partial charge in [0.05, 0.1) is 0 Å². The van der Waals surface area contributed by atoms with E-state index in [1.165, 1.54) is 0 Å². The third-order valence-corrected chi connectivity index (χ3v) is 2.55. The first-order chi connectivity index (χ1) is 5.40. The van der Waals surface area contributed by atoms with E-state index < -0.39 is 5.79 Å². The fourth-order valence-electron chi connectivity index (χ4n) is 1.99. The van der Waals surface area contributed by atoms with Crippen molar-refractivity contribution < 1.29 is 4.39 Å². The Balaban J connectivity index is 2.77. The topological polar surface area (TPSA) is 29.3 Å². The molecule has 1 atom stereocenters. The molecule has 0 aromatic rings. The van der Waals surface area contributed by atoms with Gasteiger partial charge in [-0.25, -0.2) is 4.39 Å². The smallest absolute Gasteiger partial charge is 0.176 e. The maximum atomic E-state index is 14.0. The van der Waals surface area contributed by atoms with Gasteiger partial charge in [0, 0.05) is 18.6 Å². The quantitative estimate of drug-likeness (QED) is 0.610. The standard InChI is InChI=1S/C9H19FN2/c1-8(2,3)12-6-4-5-9(12,10)7-11/h4-7,11H2,1-3H3. The van der Waals surface area contributed by atoms with Crippen molar-refractivity contribution in [1.29, 1.82) is 0 Å². The first-order valence-electron chi connectivity index (χ1n) is 4.57. The van der Waals surface area contributed by atoms with Gasteiger partial charge < -0.3 is 5.73 Å². The summed E-state index contributed by atoms with van der Waals surface area (Å²) < 4.78 is 14.0. The molecule has 0 bridgehead atoms. The highest BCUT2D eigenvalue weighted by atomic mass is 19.1. The molecule has 1 fully saturated rings. The summed E-state index contributed by atoms with van der Waals surface area (Å²) in [6.45, 7) is 7.04. The van der Waals surface area contributed by atoms with E-state index >= 15 is 0 Å². The van der Waals surface area contributed by atoms with Crippen LogP contribution in [0.25, 0.3) is 0 Å². The summed E-state index contributed by atoms with van der Waals surface area (Å²) in [5.74, 6) is -1.25. The second kappa shape index (κ2) is 2.96. The molecule has 1 aliphatic rings. The predicted octanol–water partition coefficient (Wildman–Crippen LogP) is 1.51. The highest BCUT2D eigenvalue weighted by molar-refractivity contribution is 4.94. The molecular weight excluding hydrogens is 155 g/mol. The maximum Gasteiger partial charge on any atom is 0.176 e. The van der Waals surface area contributed by atoms with Crippen LogP contribution in [0.5, 0.6) is 0 Å². The second-order valence-electron chi connectivity index (χ2n) is 4.55. The van der Waals surface area contributed by atoms with Crippen molar-refractivity contribution in [3.8, 4) is 0 Å². The Morgan fingerprint density at radius 3 is 2.42 bits per heavy atom. The van der Waals surface area contributed by atoms with Gasteiger partial charge in [-0.2, -0.15) is 0 Å². The van der Waals surface area contributed by atoms with Crippen molar-refractivity contribution in [3.05, 3.63) is 0 Å². The number of nitrogens with zero attached hydrogens (tertiary/aromatic N) is 1. The number of rotatable bonds is 1. The van der Waals surface area contributed by atoms with Crippen LogP contribution in [0.15, 0.2) is 0 Å². The van der Waals surface area contributed by atoms with E-state index in [2.05, 4.69) is 0 Å². The highest BCUT2D eigenvalue weighted by Crippen LogP contribution is 2.35. The SMILES string of the molecule is CC(C)(C)N1CCCC1(F)CN.